The molecule has 2 unspecified atom stereocenters. The van der Waals surface area contributed by atoms with Crippen LogP contribution in [0.3, 0.4) is 0 Å². The standard InChI is InChI=1S/C28H34N2O5/c1-18(2)13-14-25(27(33)30-15-7-8-19(30)16-26(31)32)29-28(34)35-17-24-22-11-5-3-9-20(22)21-10-4-6-12-23(21)24/h3-6,9-12,18-19,24-25H,7-8,13-17H2,1-2H3,(H,29,34)(H,31,32). The van der Waals surface area contributed by atoms with Crippen molar-refractivity contribution in [2.24, 2.45) is 5.92 Å². The number of fused-ring (bicyclic) bond motifs is 3. The zero-order chi connectivity index (χ0) is 24.9. The Labute approximate surface area is 206 Å². The number of likely N-dealkylation sites (tertiary alicyclic amines) is 1. The Bertz CT molecular complexity index is 1040. The third-order valence-electron chi connectivity index (χ3n) is 7.04. The quantitative estimate of drug-likeness (QED) is 0.540. The van der Waals surface area contributed by atoms with E-state index in [1.807, 2.05) is 24.3 Å². The number of benzene rings is 2. The van der Waals surface area contributed by atoms with Crippen molar-refractivity contribution in [2.45, 2.75) is 64.0 Å². The van der Waals surface area contributed by atoms with Gasteiger partial charge in [0.1, 0.15) is 12.6 Å². The molecule has 1 aliphatic heterocycles. The molecule has 0 spiro atoms. The lowest BCUT2D eigenvalue weighted by atomic mass is 9.98. The van der Waals surface area contributed by atoms with Gasteiger partial charge in [0.25, 0.3) is 0 Å². The van der Waals surface area contributed by atoms with Crippen molar-refractivity contribution in [3.8, 4) is 11.1 Å². The van der Waals surface area contributed by atoms with Crippen LogP contribution in [0.1, 0.15) is 63.0 Å². The summed E-state index contributed by atoms with van der Waals surface area (Å²) in [7, 11) is 0. The summed E-state index contributed by atoms with van der Waals surface area (Å²) in [5.41, 5.74) is 4.56. The first-order chi connectivity index (χ1) is 16.8. The molecule has 2 amide bonds. The SMILES string of the molecule is CC(C)CCC(NC(=O)OCC1c2ccccc2-c2ccccc21)C(=O)N1CCCC1CC(=O)O. The van der Waals surface area contributed by atoms with E-state index < -0.39 is 18.1 Å². The van der Waals surface area contributed by atoms with E-state index in [1.165, 1.54) is 0 Å². The number of ether oxygens (including phenoxy) is 1. The van der Waals surface area contributed by atoms with Crippen LogP contribution in [0, 0.1) is 5.92 Å². The second-order valence-electron chi connectivity index (χ2n) is 9.92. The first-order valence-electron chi connectivity index (χ1n) is 12.5. The summed E-state index contributed by atoms with van der Waals surface area (Å²) in [6.45, 7) is 4.83. The topological polar surface area (TPSA) is 95.9 Å². The van der Waals surface area contributed by atoms with Gasteiger partial charge < -0.3 is 20.1 Å². The van der Waals surface area contributed by atoms with Gasteiger partial charge in [-0.3, -0.25) is 9.59 Å². The molecule has 7 heteroatoms. The molecular weight excluding hydrogens is 444 g/mol. The van der Waals surface area contributed by atoms with E-state index in [0.717, 1.165) is 35.1 Å². The Morgan fingerprint density at radius 3 is 2.26 bits per heavy atom. The Kier molecular flexibility index (Phi) is 7.73. The van der Waals surface area contributed by atoms with Gasteiger partial charge in [0, 0.05) is 18.5 Å². The molecule has 35 heavy (non-hydrogen) atoms. The van der Waals surface area contributed by atoms with Crippen molar-refractivity contribution in [3.05, 3.63) is 59.7 Å². The van der Waals surface area contributed by atoms with Gasteiger partial charge in [-0.05, 0) is 53.9 Å². The minimum Gasteiger partial charge on any atom is -0.481 e. The van der Waals surface area contributed by atoms with Crippen LogP contribution >= 0.6 is 0 Å². The molecule has 1 fully saturated rings. The molecule has 1 aliphatic carbocycles. The normalized spacial score (nSPS) is 17.7. The number of amides is 2. The molecule has 2 aliphatic rings. The fourth-order valence-electron chi connectivity index (χ4n) is 5.28. The minimum atomic E-state index is -0.919. The zero-order valence-electron chi connectivity index (χ0n) is 20.4. The van der Waals surface area contributed by atoms with Crippen molar-refractivity contribution < 1.29 is 24.2 Å². The maximum absolute atomic E-state index is 13.3. The molecule has 2 N–H and O–H groups in total. The number of aliphatic carboxylic acids is 1. The number of alkyl carbamates (subject to hydrolysis) is 1. The van der Waals surface area contributed by atoms with Crippen molar-refractivity contribution in [1.82, 2.24) is 10.2 Å². The molecule has 0 radical (unpaired) electrons. The van der Waals surface area contributed by atoms with Crippen LogP contribution < -0.4 is 5.32 Å². The molecular formula is C28H34N2O5. The lowest BCUT2D eigenvalue weighted by Crippen LogP contribution is -2.50. The molecule has 1 heterocycles. The highest BCUT2D eigenvalue weighted by molar-refractivity contribution is 5.86. The number of carboxylic acid groups (broad SMARTS) is 1. The second-order valence-corrected chi connectivity index (χ2v) is 9.92. The van der Waals surface area contributed by atoms with Crippen LogP contribution in [0.15, 0.2) is 48.5 Å². The highest BCUT2D eigenvalue weighted by atomic mass is 16.5. The monoisotopic (exact) mass is 478 g/mol. The minimum absolute atomic E-state index is 0.0588. The molecule has 0 saturated carbocycles. The van der Waals surface area contributed by atoms with Crippen molar-refractivity contribution in [2.75, 3.05) is 13.2 Å². The number of carboxylic acids is 1. The predicted molar refractivity (Wildman–Crippen MR) is 133 cm³/mol. The summed E-state index contributed by atoms with van der Waals surface area (Å²) >= 11 is 0. The molecule has 2 aromatic rings. The number of carbonyl (C=O) groups is 3. The van der Waals surface area contributed by atoms with Crippen molar-refractivity contribution >= 4 is 18.0 Å². The second kappa shape index (κ2) is 10.9. The molecule has 4 rings (SSSR count). The molecule has 186 valence electrons. The summed E-state index contributed by atoms with van der Waals surface area (Å²) < 4.78 is 5.67. The highest BCUT2D eigenvalue weighted by Crippen LogP contribution is 2.44. The lowest BCUT2D eigenvalue weighted by molar-refractivity contribution is -0.140. The van der Waals surface area contributed by atoms with E-state index in [-0.39, 0.29) is 30.9 Å². The van der Waals surface area contributed by atoms with Crippen LogP contribution in [0.4, 0.5) is 4.79 Å². The molecule has 2 aromatic carbocycles. The van der Waals surface area contributed by atoms with Gasteiger partial charge >= 0.3 is 12.1 Å². The van der Waals surface area contributed by atoms with Gasteiger partial charge in [-0.2, -0.15) is 0 Å². The van der Waals surface area contributed by atoms with E-state index in [4.69, 9.17) is 4.74 Å². The maximum atomic E-state index is 13.3. The average Bonchev–Trinajstić information content (AvgIpc) is 3.42. The Morgan fingerprint density at radius 2 is 1.66 bits per heavy atom. The van der Waals surface area contributed by atoms with Crippen LogP contribution in [0.25, 0.3) is 11.1 Å². The van der Waals surface area contributed by atoms with Crippen molar-refractivity contribution in [1.29, 1.82) is 0 Å². The summed E-state index contributed by atoms with van der Waals surface area (Å²) in [6, 6.07) is 15.2. The predicted octanol–water partition coefficient (Wildman–Crippen LogP) is 4.80. The lowest BCUT2D eigenvalue weighted by Gasteiger charge is -2.29. The summed E-state index contributed by atoms with van der Waals surface area (Å²) in [5.74, 6) is -0.833. The van der Waals surface area contributed by atoms with Crippen molar-refractivity contribution in [3.63, 3.8) is 0 Å². The van der Waals surface area contributed by atoms with Crippen LogP contribution in [0.2, 0.25) is 0 Å². The fraction of sp³-hybridized carbons (Fsp3) is 0.464. The fourth-order valence-corrected chi connectivity index (χ4v) is 5.28. The molecule has 7 nitrogen and oxygen atoms in total. The van der Waals surface area contributed by atoms with Gasteiger partial charge in [0.05, 0.1) is 6.42 Å². The number of hydrogen-bond acceptors (Lipinski definition) is 4. The third kappa shape index (κ3) is 5.66. The van der Waals surface area contributed by atoms with Gasteiger partial charge in [-0.25, -0.2) is 4.79 Å². The first kappa shape index (κ1) is 24.8. The van der Waals surface area contributed by atoms with E-state index >= 15 is 0 Å². The summed E-state index contributed by atoms with van der Waals surface area (Å²) in [4.78, 5) is 39.1. The first-order valence-corrected chi connectivity index (χ1v) is 12.5. The Hall–Kier alpha value is -3.35. The number of hydrogen-bond donors (Lipinski definition) is 2. The van der Waals surface area contributed by atoms with E-state index in [1.54, 1.807) is 4.90 Å². The number of nitrogens with zero attached hydrogens (tertiary/aromatic N) is 1. The average molecular weight is 479 g/mol. The zero-order valence-corrected chi connectivity index (χ0v) is 20.4. The van der Waals surface area contributed by atoms with Gasteiger partial charge in [-0.15, -0.1) is 0 Å². The van der Waals surface area contributed by atoms with Crippen LogP contribution in [0.5, 0.6) is 0 Å². The molecule has 1 saturated heterocycles. The largest absolute Gasteiger partial charge is 0.481 e. The smallest absolute Gasteiger partial charge is 0.407 e. The summed E-state index contributed by atoms with van der Waals surface area (Å²) in [6.07, 6.45) is 1.98. The van der Waals surface area contributed by atoms with Crippen LogP contribution in [-0.2, 0) is 14.3 Å². The number of rotatable bonds is 9. The van der Waals surface area contributed by atoms with E-state index in [2.05, 4.69) is 43.4 Å². The van der Waals surface area contributed by atoms with Crippen LogP contribution in [-0.4, -0.2) is 53.2 Å². The number of nitrogens with one attached hydrogen (secondary N) is 1. The van der Waals surface area contributed by atoms with E-state index in [0.29, 0.717) is 25.3 Å². The van der Waals surface area contributed by atoms with Gasteiger partial charge in [0.15, 0.2) is 0 Å². The van der Waals surface area contributed by atoms with Gasteiger partial charge in [-0.1, -0.05) is 62.4 Å². The van der Waals surface area contributed by atoms with E-state index in [9.17, 15) is 19.5 Å². The third-order valence-corrected chi connectivity index (χ3v) is 7.04. The Morgan fingerprint density at radius 1 is 1.03 bits per heavy atom. The molecule has 0 aromatic heterocycles. The molecule has 2 atom stereocenters. The number of carbonyl (C=O) groups excluding carboxylic acids is 2. The molecule has 0 bridgehead atoms. The maximum Gasteiger partial charge on any atom is 0.407 e. The highest BCUT2D eigenvalue weighted by Gasteiger charge is 2.35. The summed E-state index contributed by atoms with van der Waals surface area (Å²) in [5, 5.41) is 12.0. The Balaban J connectivity index is 1.43. The van der Waals surface area contributed by atoms with Gasteiger partial charge in [0.2, 0.25) is 5.91 Å².